The topological polar surface area (TPSA) is 32.3 Å². The van der Waals surface area contributed by atoms with Crippen LogP contribution < -0.4 is 5.32 Å². The average Bonchev–Trinajstić information content (AvgIpc) is 3.08. The van der Waals surface area contributed by atoms with Crippen molar-refractivity contribution in [3.8, 4) is 0 Å². The van der Waals surface area contributed by atoms with Crippen LogP contribution in [-0.2, 0) is 4.79 Å². The van der Waals surface area contributed by atoms with Crippen molar-refractivity contribution in [1.29, 1.82) is 0 Å². The third-order valence-electron chi connectivity index (χ3n) is 4.17. The van der Waals surface area contributed by atoms with E-state index >= 15 is 0 Å². The van der Waals surface area contributed by atoms with Gasteiger partial charge in [-0.05, 0) is 38.0 Å². The fourth-order valence-corrected chi connectivity index (χ4v) is 2.93. The highest BCUT2D eigenvalue weighted by molar-refractivity contribution is 5.82. The van der Waals surface area contributed by atoms with E-state index in [1.165, 1.54) is 19.3 Å². The molecule has 3 fully saturated rings. The summed E-state index contributed by atoms with van der Waals surface area (Å²) >= 11 is 0. The molecule has 15 heavy (non-hydrogen) atoms. The van der Waals surface area contributed by atoms with Gasteiger partial charge in [-0.15, -0.1) is 0 Å². The average molecular weight is 208 g/mol. The van der Waals surface area contributed by atoms with E-state index in [1.54, 1.807) is 0 Å². The number of rotatable bonds is 2. The number of nitrogens with zero attached hydrogens (tertiary/aromatic N) is 1. The van der Waals surface area contributed by atoms with Crippen molar-refractivity contribution in [2.24, 2.45) is 17.8 Å². The van der Waals surface area contributed by atoms with Gasteiger partial charge < -0.3 is 10.2 Å². The Balaban J connectivity index is 1.59. The number of piperazine rings is 1. The lowest BCUT2D eigenvalue weighted by Gasteiger charge is -2.34. The Morgan fingerprint density at radius 3 is 2.87 bits per heavy atom. The first-order valence-electron chi connectivity index (χ1n) is 6.28. The zero-order valence-corrected chi connectivity index (χ0v) is 9.41. The summed E-state index contributed by atoms with van der Waals surface area (Å²) in [6, 6.07) is 0.395. The van der Waals surface area contributed by atoms with Crippen molar-refractivity contribution < 1.29 is 4.79 Å². The minimum absolute atomic E-state index is 0.395. The summed E-state index contributed by atoms with van der Waals surface area (Å²) in [5.41, 5.74) is 0. The predicted octanol–water partition coefficient (Wildman–Crippen LogP) is 0.853. The van der Waals surface area contributed by atoms with Gasteiger partial charge in [0, 0.05) is 31.6 Å². The van der Waals surface area contributed by atoms with Gasteiger partial charge >= 0.3 is 0 Å². The fraction of sp³-hybridized carbons (Fsp3) is 0.917. The summed E-state index contributed by atoms with van der Waals surface area (Å²) in [5, 5.41) is 3.33. The zero-order chi connectivity index (χ0) is 10.4. The van der Waals surface area contributed by atoms with Crippen molar-refractivity contribution in [3.05, 3.63) is 0 Å². The van der Waals surface area contributed by atoms with Gasteiger partial charge in [0.25, 0.3) is 0 Å². The molecule has 0 aromatic carbocycles. The Kier molecular flexibility index (Phi) is 2.23. The summed E-state index contributed by atoms with van der Waals surface area (Å²) < 4.78 is 0. The van der Waals surface area contributed by atoms with Crippen LogP contribution in [0.2, 0.25) is 0 Å². The third-order valence-corrected chi connectivity index (χ3v) is 4.17. The second kappa shape index (κ2) is 3.48. The highest BCUT2D eigenvalue weighted by Gasteiger charge is 2.52. The summed E-state index contributed by atoms with van der Waals surface area (Å²) in [6.07, 6.45) is 3.94. The van der Waals surface area contributed by atoms with Gasteiger partial charge in [-0.2, -0.15) is 0 Å². The number of hydrogen-bond acceptors (Lipinski definition) is 2. The van der Waals surface area contributed by atoms with E-state index < -0.39 is 0 Å². The molecule has 1 heterocycles. The quantitative estimate of drug-likeness (QED) is 0.730. The van der Waals surface area contributed by atoms with Crippen molar-refractivity contribution in [2.75, 3.05) is 19.6 Å². The number of hydrogen-bond donors (Lipinski definition) is 1. The molecule has 1 saturated heterocycles. The Bertz CT molecular complexity index is 275. The van der Waals surface area contributed by atoms with E-state index in [9.17, 15) is 4.79 Å². The molecule has 2 aliphatic carbocycles. The standard InChI is InChI=1S/C12H20N2O/c1-8-7-13-4-5-14(8)12(15)11-6-10(11)9-2-3-9/h8-11,13H,2-7H2,1H3. The summed E-state index contributed by atoms with van der Waals surface area (Å²) in [4.78, 5) is 14.3. The highest BCUT2D eigenvalue weighted by Crippen LogP contribution is 2.55. The lowest BCUT2D eigenvalue weighted by molar-refractivity contribution is -0.135. The van der Waals surface area contributed by atoms with E-state index in [1.807, 2.05) is 0 Å². The third kappa shape index (κ3) is 1.78. The zero-order valence-electron chi connectivity index (χ0n) is 9.41. The number of carbonyl (C=O) groups excluding carboxylic acids is 1. The molecule has 1 N–H and O–H groups in total. The second-order valence-corrected chi connectivity index (χ2v) is 5.43. The SMILES string of the molecule is CC1CNCCN1C(=O)C1CC1C1CC1. The molecule has 3 unspecified atom stereocenters. The normalized spacial score (nSPS) is 40.3. The van der Waals surface area contributed by atoms with Gasteiger partial charge in [0.15, 0.2) is 0 Å². The molecule has 1 amide bonds. The molecule has 84 valence electrons. The molecule has 3 atom stereocenters. The molecule has 2 saturated carbocycles. The molecule has 0 aromatic rings. The summed E-state index contributed by atoms with van der Waals surface area (Å²) in [7, 11) is 0. The Hall–Kier alpha value is -0.570. The first-order chi connectivity index (χ1) is 7.27. The molecule has 0 radical (unpaired) electrons. The molecule has 3 heteroatoms. The van der Waals surface area contributed by atoms with Crippen molar-refractivity contribution >= 4 is 5.91 Å². The van der Waals surface area contributed by atoms with Crippen LogP contribution in [0.4, 0.5) is 0 Å². The highest BCUT2D eigenvalue weighted by atomic mass is 16.2. The molecule has 0 aromatic heterocycles. The molecule has 3 aliphatic rings. The largest absolute Gasteiger partial charge is 0.337 e. The number of carbonyl (C=O) groups is 1. The monoisotopic (exact) mass is 208 g/mol. The Morgan fingerprint density at radius 1 is 1.40 bits per heavy atom. The van der Waals surface area contributed by atoms with E-state index in [4.69, 9.17) is 0 Å². The van der Waals surface area contributed by atoms with Crippen LogP contribution in [0.5, 0.6) is 0 Å². The summed E-state index contributed by atoms with van der Waals surface area (Å²) in [5.74, 6) is 2.52. The van der Waals surface area contributed by atoms with Gasteiger partial charge in [0.05, 0.1) is 0 Å². The van der Waals surface area contributed by atoms with E-state index in [0.717, 1.165) is 31.5 Å². The smallest absolute Gasteiger partial charge is 0.226 e. The van der Waals surface area contributed by atoms with Crippen LogP contribution >= 0.6 is 0 Å². The van der Waals surface area contributed by atoms with Crippen molar-refractivity contribution in [1.82, 2.24) is 10.2 Å². The maximum Gasteiger partial charge on any atom is 0.226 e. The molecule has 0 bridgehead atoms. The predicted molar refractivity (Wildman–Crippen MR) is 58.4 cm³/mol. The van der Waals surface area contributed by atoms with Crippen LogP contribution in [0.1, 0.15) is 26.2 Å². The minimum atomic E-state index is 0.395. The van der Waals surface area contributed by atoms with Gasteiger partial charge in [0.1, 0.15) is 0 Å². The van der Waals surface area contributed by atoms with E-state index in [-0.39, 0.29) is 0 Å². The number of amides is 1. The van der Waals surface area contributed by atoms with Gasteiger partial charge in [-0.3, -0.25) is 4.79 Å². The molecular formula is C12H20N2O. The van der Waals surface area contributed by atoms with Crippen molar-refractivity contribution in [2.45, 2.75) is 32.2 Å². The van der Waals surface area contributed by atoms with Crippen LogP contribution in [0.15, 0.2) is 0 Å². The lowest BCUT2D eigenvalue weighted by Crippen LogP contribution is -2.52. The van der Waals surface area contributed by atoms with Crippen LogP contribution in [0, 0.1) is 17.8 Å². The molecule has 1 aliphatic heterocycles. The van der Waals surface area contributed by atoms with Crippen molar-refractivity contribution in [3.63, 3.8) is 0 Å². The summed E-state index contributed by atoms with van der Waals surface area (Å²) in [6.45, 7) is 5.00. The van der Waals surface area contributed by atoms with Gasteiger partial charge in [0.2, 0.25) is 5.91 Å². The molecule has 3 nitrogen and oxygen atoms in total. The Morgan fingerprint density at radius 2 is 2.20 bits per heavy atom. The molecule has 0 spiro atoms. The van der Waals surface area contributed by atoms with Gasteiger partial charge in [-0.25, -0.2) is 0 Å². The fourth-order valence-electron chi connectivity index (χ4n) is 2.93. The van der Waals surface area contributed by atoms with Crippen LogP contribution in [-0.4, -0.2) is 36.5 Å². The maximum absolute atomic E-state index is 12.2. The first kappa shape index (κ1) is 9.64. The first-order valence-corrected chi connectivity index (χ1v) is 6.28. The maximum atomic E-state index is 12.2. The minimum Gasteiger partial charge on any atom is -0.337 e. The number of nitrogens with one attached hydrogen (secondary N) is 1. The Labute approximate surface area is 91.2 Å². The molecular weight excluding hydrogens is 188 g/mol. The van der Waals surface area contributed by atoms with Crippen LogP contribution in [0.3, 0.4) is 0 Å². The van der Waals surface area contributed by atoms with E-state index in [0.29, 0.717) is 17.9 Å². The molecule has 3 rings (SSSR count). The lowest BCUT2D eigenvalue weighted by atomic mass is 10.1. The van der Waals surface area contributed by atoms with Crippen LogP contribution in [0.25, 0.3) is 0 Å². The van der Waals surface area contributed by atoms with Gasteiger partial charge in [-0.1, -0.05) is 0 Å². The second-order valence-electron chi connectivity index (χ2n) is 5.43. The van der Waals surface area contributed by atoms with E-state index in [2.05, 4.69) is 17.1 Å².